The molecule has 1 amide bonds. The zero-order valence-electron chi connectivity index (χ0n) is 9.56. The maximum Gasteiger partial charge on any atom is 0.248 e. The van der Waals surface area contributed by atoms with Crippen LogP contribution in [0.15, 0.2) is 48.1 Å². The lowest BCUT2D eigenvalue weighted by molar-refractivity contribution is 0.100. The van der Waals surface area contributed by atoms with Crippen molar-refractivity contribution < 1.29 is 9.53 Å². The van der Waals surface area contributed by atoms with Gasteiger partial charge in [0.05, 0.1) is 0 Å². The molecule has 0 heterocycles. The van der Waals surface area contributed by atoms with E-state index in [1.54, 1.807) is 24.3 Å². The van der Waals surface area contributed by atoms with E-state index < -0.39 is 5.91 Å². The van der Waals surface area contributed by atoms with E-state index in [1.807, 2.05) is 0 Å². The van der Waals surface area contributed by atoms with Gasteiger partial charge in [-0.1, -0.05) is 18.2 Å². The topological polar surface area (TPSA) is 52.3 Å². The molecule has 0 unspecified atom stereocenters. The standard InChI is InChI=1S/C14H15NO2/c15-14(16)12-6-8-13(9-7-12)17-10-11-4-2-1-3-5-11/h2,4-9H,1,3,10H2,(H2,15,16). The number of benzene rings is 1. The highest BCUT2D eigenvalue weighted by atomic mass is 16.5. The number of carbonyl (C=O) groups is 1. The highest BCUT2D eigenvalue weighted by Crippen LogP contribution is 2.15. The fraction of sp³-hybridized carbons (Fsp3) is 0.214. The third kappa shape index (κ3) is 3.21. The summed E-state index contributed by atoms with van der Waals surface area (Å²) in [5.74, 6) is 0.323. The van der Waals surface area contributed by atoms with E-state index >= 15 is 0 Å². The summed E-state index contributed by atoms with van der Waals surface area (Å²) in [5, 5.41) is 0. The summed E-state index contributed by atoms with van der Waals surface area (Å²) in [7, 11) is 0. The molecule has 1 aromatic rings. The highest BCUT2D eigenvalue weighted by Gasteiger charge is 2.02. The number of rotatable bonds is 4. The highest BCUT2D eigenvalue weighted by molar-refractivity contribution is 5.92. The van der Waals surface area contributed by atoms with Gasteiger partial charge in [0.2, 0.25) is 5.91 Å². The third-order valence-electron chi connectivity index (χ3n) is 2.62. The minimum atomic E-state index is -0.422. The summed E-state index contributed by atoms with van der Waals surface area (Å²) in [4.78, 5) is 10.9. The molecule has 0 fully saturated rings. The molecule has 1 aliphatic carbocycles. The lowest BCUT2D eigenvalue weighted by Gasteiger charge is -2.09. The van der Waals surface area contributed by atoms with Crippen LogP contribution in [-0.4, -0.2) is 12.5 Å². The summed E-state index contributed by atoms with van der Waals surface area (Å²) in [6, 6.07) is 6.85. The van der Waals surface area contributed by atoms with Crippen LogP contribution < -0.4 is 10.5 Å². The number of allylic oxidation sites excluding steroid dienone is 2. The average molecular weight is 229 g/mol. The van der Waals surface area contributed by atoms with E-state index in [9.17, 15) is 4.79 Å². The van der Waals surface area contributed by atoms with Gasteiger partial charge in [0.1, 0.15) is 12.4 Å². The summed E-state index contributed by atoms with van der Waals surface area (Å²) in [5.41, 5.74) is 6.84. The molecule has 3 heteroatoms. The van der Waals surface area contributed by atoms with Gasteiger partial charge in [0.15, 0.2) is 0 Å². The molecule has 2 N–H and O–H groups in total. The second kappa shape index (κ2) is 5.34. The van der Waals surface area contributed by atoms with E-state index in [1.165, 1.54) is 5.57 Å². The van der Waals surface area contributed by atoms with E-state index in [0.717, 1.165) is 18.6 Å². The first-order valence-electron chi connectivity index (χ1n) is 5.64. The van der Waals surface area contributed by atoms with E-state index in [4.69, 9.17) is 10.5 Å². The molecule has 0 spiro atoms. The van der Waals surface area contributed by atoms with Crippen molar-refractivity contribution in [2.24, 2.45) is 5.73 Å². The maximum absolute atomic E-state index is 10.9. The molecule has 88 valence electrons. The molecule has 3 nitrogen and oxygen atoms in total. The van der Waals surface area contributed by atoms with Gasteiger partial charge in [-0.25, -0.2) is 0 Å². The Bertz CT molecular complexity index is 458. The van der Waals surface area contributed by atoms with Gasteiger partial charge in [0, 0.05) is 5.56 Å². The van der Waals surface area contributed by atoms with Crippen LogP contribution in [0.25, 0.3) is 0 Å². The summed E-state index contributed by atoms with van der Waals surface area (Å²) >= 11 is 0. The smallest absolute Gasteiger partial charge is 0.248 e. The van der Waals surface area contributed by atoms with Crippen molar-refractivity contribution >= 4 is 5.91 Å². The van der Waals surface area contributed by atoms with Gasteiger partial charge in [-0.2, -0.15) is 0 Å². The Morgan fingerprint density at radius 2 is 2.00 bits per heavy atom. The zero-order valence-corrected chi connectivity index (χ0v) is 9.56. The van der Waals surface area contributed by atoms with Crippen molar-refractivity contribution in [1.29, 1.82) is 0 Å². The summed E-state index contributed by atoms with van der Waals surface area (Å²) in [6.07, 6.45) is 8.60. The summed E-state index contributed by atoms with van der Waals surface area (Å²) in [6.45, 7) is 0.562. The Balaban J connectivity index is 1.93. The molecule has 1 aromatic carbocycles. The molecule has 0 saturated heterocycles. The quantitative estimate of drug-likeness (QED) is 0.862. The number of ether oxygens (including phenoxy) is 1. The van der Waals surface area contributed by atoms with Crippen molar-refractivity contribution in [2.45, 2.75) is 12.8 Å². The molecule has 0 saturated carbocycles. The maximum atomic E-state index is 10.9. The number of hydrogen-bond acceptors (Lipinski definition) is 2. The Morgan fingerprint density at radius 1 is 1.24 bits per heavy atom. The van der Waals surface area contributed by atoms with E-state index in [-0.39, 0.29) is 0 Å². The second-order valence-corrected chi connectivity index (χ2v) is 3.94. The SMILES string of the molecule is NC(=O)c1ccc(OCC2=CCCC=C2)cc1. The Labute approximate surface area is 101 Å². The van der Waals surface area contributed by atoms with Crippen LogP contribution in [0.4, 0.5) is 0 Å². The first-order chi connectivity index (χ1) is 8.25. The molecule has 2 rings (SSSR count). The van der Waals surface area contributed by atoms with Crippen molar-refractivity contribution in [3.8, 4) is 5.75 Å². The normalized spacial score (nSPS) is 14.2. The minimum Gasteiger partial charge on any atom is -0.489 e. The molecule has 0 aromatic heterocycles. The number of amides is 1. The number of hydrogen-bond donors (Lipinski definition) is 1. The molecular weight excluding hydrogens is 214 g/mol. The van der Waals surface area contributed by atoms with Gasteiger partial charge in [-0.05, 0) is 42.7 Å². The molecule has 0 bridgehead atoms. The summed E-state index contributed by atoms with van der Waals surface area (Å²) < 4.78 is 5.61. The minimum absolute atomic E-state index is 0.422. The number of primary amides is 1. The fourth-order valence-corrected chi connectivity index (χ4v) is 1.66. The van der Waals surface area contributed by atoms with Crippen molar-refractivity contribution in [3.63, 3.8) is 0 Å². The second-order valence-electron chi connectivity index (χ2n) is 3.94. The Kier molecular flexibility index (Phi) is 3.60. The molecule has 0 aliphatic heterocycles. The lowest BCUT2D eigenvalue weighted by Crippen LogP contribution is -2.10. The van der Waals surface area contributed by atoms with Crippen LogP contribution in [-0.2, 0) is 0 Å². The molecular formula is C14H15NO2. The van der Waals surface area contributed by atoms with Crippen LogP contribution in [0.1, 0.15) is 23.2 Å². The fourth-order valence-electron chi connectivity index (χ4n) is 1.66. The van der Waals surface area contributed by atoms with Crippen LogP contribution in [0.3, 0.4) is 0 Å². The Morgan fingerprint density at radius 3 is 2.59 bits per heavy atom. The van der Waals surface area contributed by atoms with Crippen LogP contribution in [0.2, 0.25) is 0 Å². The van der Waals surface area contributed by atoms with Gasteiger partial charge in [-0.3, -0.25) is 4.79 Å². The third-order valence-corrected chi connectivity index (χ3v) is 2.62. The number of nitrogens with two attached hydrogens (primary N) is 1. The van der Waals surface area contributed by atoms with Crippen molar-refractivity contribution in [2.75, 3.05) is 6.61 Å². The predicted octanol–water partition coefficient (Wildman–Crippen LogP) is 2.44. The largest absolute Gasteiger partial charge is 0.489 e. The first kappa shape index (κ1) is 11.5. The first-order valence-corrected chi connectivity index (χ1v) is 5.64. The monoisotopic (exact) mass is 229 g/mol. The lowest BCUT2D eigenvalue weighted by atomic mass is 10.1. The molecule has 1 aliphatic rings. The van der Waals surface area contributed by atoms with Crippen molar-refractivity contribution in [1.82, 2.24) is 0 Å². The van der Waals surface area contributed by atoms with Crippen LogP contribution >= 0.6 is 0 Å². The molecule has 0 atom stereocenters. The predicted molar refractivity (Wildman–Crippen MR) is 66.9 cm³/mol. The van der Waals surface area contributed by atoms with E-state index in [2.05, 4.69) is 18.2 Å². The van der Waals surface area contributed by atoms with Gasteiger partial charge in [0.25, 0.3) is 0 Å². The van der Waals surface area contributed by atoms with Gasteiger partial charge >= 0.3 is 0 Å². The van der Waals surface area contributed by atoms with Crippen LogP contribution in [0, 0.1) is 0 Å². The van der Waals surface area contributed by atoms with Crippen molar-refractivity contribution in [3.05, 3.63) is 53.6 Å². The van der Waals surface area contributed by atoms with Gasteiger partial charge < -0.3 is 10.5 Å². The Hall–Kier alpha value is -2.03. The van der Waals surface area contributed by atoms with E-state index in [0.29, 0.717) is 12.2 Å². The molecule has 0 radical (unpaired) electrons. The van der Waals surface area contributed by atoms with Gasteiger partial charge in [-0.15, -0.1) is 0 Å². The average Bonchev–Trinajstić information content (AvgIpc) is 2.38. The number of carbonyl (C=O) groups excluding carboxylic acids is 1. The van der Waals surface area contributed by atoms with Crippen LogP contribution in [0.5, 0.6) is 5.75 Å². The molecule has 17 heavy (non-hydrogen) atoms. The zero-order chi connectivity index (χ0) is 12.1.